The maximum atomic E-state index is 10.8. The summed E-state index contributed by atoms with van der Waals surface area (Å²) in [6.07, 6.45) is 1.49. The van der Waals surface area contributed by atoms with Gasteiger partial charge in [-0.1, -0.05) is 0 Å². The molecule has 1 aliphatic rings. The van der Waals surface area contributed by atoms with Gasteiger partial charge in [0.25, 0.3) is 0 Å². The molecule has 0 aromatic heterocycles. The summed E-state index contributed by atoms with van der Waals surface area (Å²) >= 11 is 0. The first-order valence-corrected chi connectivity index (χ1v) is 3.39. The second-order valence-electron chi connectivity index (χ2n) is 2.61. The maximum absolute atomic E-state index is 10.8. The number of carbonyl (C=O) groups excluding carboxylic acids is 1. The number of nitrogens with one attached hydrogen (secondary N) is 1. The third-order valence-corrected chi connectivity index (χ3v) is 1.94. The van der Waals surface area contributed by atoms with E-state index in [-0.39, 0.29) is 17.7 Å². The Labute approximate surface area is 60.0 Å². The smallest absolute Gasteiger partial charge is 0.222 e. The van der Waals surface area contributed by atoms with Crippen LogP contribution in [-0.4, -0.2) is 13.0 Å². The molecule has 0 radical (unpaired) electrons. The summed E-state index contributed by atoms with van der Waals surface area (Å²) in [4.78, 5) is 10.8. The third-order valence-electron chi connectivity index (χ3n) is 1.94. The van der Waals surface area contributed by atoms with Crippen LogP contribution in [0.3, 0.4) is 0 Å². The molecule has 0 heterocycles. The van der Waals surface area contributed by atoms with Gasteiger partial charge in [-0.3, -0.25) is 4.79 Å². The van der Waals surface area contributed by atoms with Crippen molar-refractivity contribution in [3.05, 3.63) is 0 Å². The van der Waals surface area contributed by atoms with Gasteiger partial charge in [-0.2, -0.15) is 5.26 Å². The van der Waals surface area contributed by atoms with Gasteiger partial charge in [0.2, 0.25) is 5.91 Å². The average molecular weight is 138 g/mol. The highest BCUT2D eigenvalue weighted by Crippen LogP contribution is 2.32. The molecule has 1 rings (SSSR count). The Morgan fingerprint density at radius 2 is 2.30 bits per heavy atom. The Morgan fingerprint density at radius 1 is 1.70 bits per heavy atom. The summed E-state index contributed by atoms with van der Waals surface area (Å²) in [5.74, 6) is 0.309. The first kappa shape index (κ1) is 7.07. The lowest BCUT2D eigenvalue weighted by molar-refractivity contribution is -0.127. The largest absolute Gasteiger partial charge is 0.359 e. The van der Waals surface area contributed by atoms with Gasteiger partial charge in [-0.05, 0) is 12.8 Å². The topological polar surface area (TPSA) is 52.9 Å². The molecule has 0 aromatic carbocycles. The SMILES string of the molecule is CNC(=O)C1CC(C#N)C1. The molecule has 0 saturated heterocycles. The Hall–Kier alpha value is -1.04. The van der Waals surface area contributed by atoms with Gasteiger partial charge in [-0.25, -0.2) is 0 Å². The summed E-state index contributed by atoms with van der Waals surface area (Å²) in [7, 11) is 1.63. The van der Waals surface area contributed by atoms with Crippen molar-refractivity contribution in [2.45, 2.75) is 12.8 Å². The van der Waals surface area contributed by atoms with Crippen LogP contribution >= 0.6 is 0 Å². The van der Waals surface area contributed by atoms with Gasteiger partial charge in [0, 0.05) is 18.9 Å². The number of carbonyl (C=O) groups is 1. The van der Waals surface area contributed by atoms with Gasteiger partial charge in [-0.15, -0.1) is 0 Å². The minimum atomic E-state index is 0.0755. The highest BCUT2D eigenvalue weighted by atomic mass is 16.1. The van der Waals surface area contributed by atoms with E-state index in [1.165, 1.54) is 0 Å². The molecule has 1 amide bonds. The molecule has 54 valence electrons. The van der Waals surface area contributed by atoms with Crippen LogP contribution < -0.4 is 5.32 Å². The molecule has 1 fully saturated rings. The number of rotatable bonds is 1. The zero-order valence-electron chi connectivity index (χ0n) is 5.92. The van der Waals surface area contributed by atoms with Gasteiger partial charge >= 0.3 is 0 Å². The molecule has 0 spiro atoms. The molecule has 1 N–H and O–H groups in total. The first-order valence-electron chi connectivity index (χ1n) is 3.39. The van der Waals surface area contributed by atoms with Crippen LogP contribution in [0.1, 0.15) is 12.8 Å². The predicted octanol–water partition coefficient (Wildman–Crippen LogP) is 0.282. The van der Waals surface area contributed by atoms with E-state index in [2.05, 4.69) is 11.4 Å². The van der Waals surface area contributed by atoms with Crippen molar-refractivity contribution in [1.29, 1.82) is 5.26 Å². The molecule has 1 aliphatic carbocycles. The van der Waals surface area contributed by atoms with Gasteiger partial charge in [0.15, 0.2) is 0 Å². The molecule has 10 heavy (non-hydrogen) atoms. The lowest BCUT2D eigenvalue weighted by Crippen LogP contribution is -2.36. The van der Waals surface area contributed by atoms with E-state index in [4.69, 9.17) is 5.26 Å². The van der Waals surface area contributed by atoms with E-state index in [1.54, 1.807) is 7.05 Å². The van der Waals surface area contributed by atoms with Crippen LogP contribution in [0.2, 0.25) is 0 Å². The van der Waals surface area contributed by atoms with Crippen LogP contribution in [-0.2, 0) is 4.79 Å². The monoisotopic (exact) mass is 138 g/mol. The quantitative estimate of drug-likeness (QED) is 0.566. The summed E-state index contributed by atoms with van der Waals surface area (Å²) in [5, 5.41) is 10.9. The summed E-state index contributed by atoms with van der Waals surface area (Å²) in [5.41, 5.74) is 0. The standard InChI is InChI=1S/C7H10N2O/c1-9-7(10)6-2-5(3-6)4-8/h5-6H,2-3H2,1H3,(H,9,10). The molecule has 0 atom stereocenters. The highest BCUT2D eigenvalue weighted by molar-refractivity contribution is 5.79. The number of nitriles is 1. The zero-order valence-corrected chi connectivity index (χ0v) is 5.92. The molecular weight excluding hydrogens is 128 g/mol. The fourth-order valence-corrected chi connectivity index (χ4v) is 1.14. The summed E-state index contributed by atoms with van der Waals surface area (Å²) in [6.45, 7) is 0. The molecule has 0 bridgehead atoms. The Kier molecular flexibility index (Phi) is 1.91. The van der Waals surface area contributed by atoms with E-state index < -0.39 is 0 Å². The Balaban J connectivity index is 2.27. The average Bonchev–Trinajstić information content (AvgIpc) is 1.85. The van der Waals surface area contributed by atoms with Crippen molar-refractivity contribution in [1.82, 2.24) is 5.32 Å². The Bertz CT molecular complexity index is 177. The summed E-state index contributed by atoms with van der Waals surface area (Å²) in [6, 6.07) is 2.13. The maximum Gasteiger partial charge on any atom is 0.222 e. The lowest BCUT2D eigenvalue weighted by atomic mass is 9.75. The molecule has 0 aromatic rings. The van der Waals surface area contributed by atoms with Crippen molar-refractivity contribution < 1.29 is 4.79 Å². The molecule has 3 nitrogen and oxygen atoms in total. The second kappa shape index (κ2) is 2.70. The van der Waals surface area contributed by atoms with Gasteiger partial charge in [0.1, 0.15) is 0 Å². The van der Waals surface area contributed by atoms with Gasteiger partial charge < -0.3 is 5.32 Å². The van der Waals surface area contributed by atoms with Crippen molar-refractivity contribution in [3.63, 3.8) is 0 Å². The molecule has 0 aliphatic heterocycles. The van der Waals surface area contributed by atoms with E-state index in [1.807, 2.05) is 0 Å². The van der Waals surface area contributed by atoms with E-state index in [0.29, 0.717) is 0 Å². The lowest BCUT2D eigenvalue weighted by Gasteiger charge is -2.28. The predicted molar refractivity (Wildman–Crippen MR) is 35.9 cm³/mol. The normalized spacial score (nSPS) is 30.0. The van der Waals surface area contributed by atoms with Crippen molar-refractivity contribution >= 4 is 5.91 Å². The summed E-state index contributed by atoms with van der Waals surface area (Å²) < 4.78 is 0. The Morgan fingerprint density at radius 3 is 2.70 bits per heavy atom. The number of hydrogen-bond acceptors (Lipinski definition) is 2. The van der Waals surface area contributed by atoms with Crippen LogP contribution in [0, 0.1) is 23.2 Å². The zero-order chi connectivity index (χ0) is 7.56. The van der Waals surface area contributed by atoms with Crippen LogP contribution in [0.4, 0.5) is 0 Å². The molecule has 0 unspecified atom stereocenters. The fourth-order valence-electron chi connectivity index (χ4n) is 1.14. The number of nitrogens with zero attached hydrogens (tertiary/aromatic N) is 1. The minimum Gasteiger partial charge on any atom is -0.359 e. The molecule has 3 heteroatoms. The molecular formula is C7H10N2O. The molecule has 1 saturated carbocycles. The second-order valence-corrected chi connectivity index (χ2v) is 2.61. The van der Waals surface area contributed by atoms with Crippen molar-refractivity contribution in [3.8, 4) is 6.07 Å². The highest BCUT2D eigenvalue weighted by Gasteiger charge is 2.33. The van der Waals surface area contributed by atoms with E-state index >= 15 is 0 Å². The third kappa shape index (κ3) is 1.10. The fraction of sp³-hybridized carbons (Fsp3) is 0.714. The van der Waals surface area contributed by atoms with Gasteiger partial charge in [0.05, 0.1) is 6.07 Å². The van der Waals surface area contributed by atoms with Crippen LogP contribution in [0.15, 0.2) is 0 Å². The van der Waals surface area contributed by atoms with E-state index in [0.717, 1.165) is 12.8 Å². The number of hydrogen-bond donors (Lipinski definition) is 1. The van der Waals surface area contributed by atoms with Crippen molar-refractivity contribution in [2.75, 3.05) is 7.05 Å². The van der Waals surface area contributed by atoms with Crippen molar-refractivity contribution in [2.24, 2.45) is 11.8 Å². The van der Waals surface area contributed by atoms with Crippen LogP contribution in [0.25, 0.3) is 0 Å². The first-order chi connectivity index (χ1) is 4.77. The number of amides is 1. The minimum absolute atomic E-state index is 0.0755. The van der Waals surface area contributed by atoms with Crippen LogP contribution in [0.5, 0.6) is 0 Å². The van der Waals surface area contributed by atoms with E-state index in [9.17, 15) is 4.79 Å².